The van der Waals surface area contributed by atoms with Gasteiger partial charge in [-0.1, -0.05) is 0 Å². The normalized spacial score (nSPS) is 23.4. The smallest absolute Gasteiger partial charge is 0.238 e. The molecule has 2 heterocycles. The fourth-order valence-corrected chi connectivity index (χ4v) is 1.81. The number of ketones is 1. The predicted molar refractivity (Wildman–Crippen MR) is 62.5 cm³/mol. The van der Waals surface area contributed by atoms with Crippen LogP contribution in [0.25, 0.3) is 0 Å². The van der Waals surface area contributed by atoms with Crippen molar-refractivity contribution in [1.29, 1.82) is 0 Å². The summed E-state index contributed by atoms with van der Waals surface area (Å²) >= 11 is 0. The summed E-state index contributed by atoms with van der Waals surface area (Å²) in [6.45, 7) is 0. The molecular formula is C12H11N3O3. The third-order valence-corrected chi connectivity index (χ3v) is 3.04. The number of aromatic nitrogens is 1. The minimum Gasteiger partial charge on any atom is -0.371 e. The van der Waals surface area contributed by atoms with Gasteiger partial charge in [0.05, 0.1) is 5.56 Å². The van der Waals surface area contributed by atoms with Gasteiger partial charge in [0.2, 0.25) is 5.91 Å². The van der Waals surface area contributed by atoms with E-state index in [0.717, 1.165) is 0 Å². The van der Waals surface area contributed by atoms with Crippen molar-refractivity contribution in [2.45, 2.75) is 18.6 Å². The number of Topliss-reactive ketones (excluding diaryl/α,β-unsaturated/α-hetero) is 1. The van der Waals surface area contributed by atoms with Crippen LogP contribution >= 0.6 is 0 Å². The number of amides is 1. The van der Waals surface area contributed by atoms with Crippen molar-refractivity contribution < 1.29 is 14.7 Å². The first-order valence-electron chi connectivity index (χ1n) is 5.67. The molecule has 18 heavy (non-hydrogen) atoms. The van der Waals surface area contributed by atoms with Crippen LogP contribution < -0.4 is 5.32 Å². The molecule has 1 aromatic heterocycles. The lowest BCUT2D eigenvalue weighted by molar-refractivity contribution is -0.125. The second-order valence-electron chi connectivity index (χ2n) is 4.52. The van der Waals surface area contributed by atoms with E-state index in [1.165, 1.54) is 12.4 Å². The van der Waals surface area contributed by atoms with E-state index in [0.29, 0.717) is 24.2 Å². The van der Waals surface area contributed by atoms with Crippen molar-refractivity contribution in [3.05, 3.63) is 23.9 Å². The van der Waals surface area contributed by atoms with Crippen molar-refractivity contribution in [2.24, 2.45) is 10.9 Å². The Morgan fingerprint density at radius 1 is 1.50 bits per heavy atom. The highest BCUT2D eigenvalue weighted by Gasteiger charge is 2.44. The summed E-state index contributed by atoms with van der Waals surface area (Å²) in [5, 5.41) is 12.1. The molecule has 1 atom stereocenters. The Hall–Kier alpha value is -2.08. The zero-order valence-corrected chi connectivity index (χ0v) is 9.46. The number of nitrogens with one attached hydrogen (secondary N) is 1. The van der Waals surface area contributed by atoms with Gasteiger partial charge in [-0.05, 0) is 25.0 Å². The highest BCUT2D eigenvalue weighted by Crippen LogP contribution is 2.32. The molecule has 1 unspecified atom stereocenters. The van der Waals surface area contributed by atoms with E-state index in [4.69, 9.17) is 0 Å². The summed E-state index contributed by atoms with van der Waals surface area (Å²) in [4.78, 5) is 31.9. The Labute approximate surface area is 103 Å². The molecule has 0 bridgehead atoms. The maximum Gasteiger partial charge on any atom is 0.238 e. The van der Waals surface area contributed by atoms with Gasteiger partial charge >= 0.3 is 0 Å². The highest BCUT2D eigenvalue weighted by atomic mass is 16.3. The third kappa shape index (κ3) is 1.80. The fourth-order valence-electron chi connectivity index (χ4n) is 1.81. The van der Waals surface area contributed by atoms with Crippen LogP contribution in [0.5, 0.6) is 0 Å². The van der Waals surface area contributed by atoms with Gasteiger partial charge in [-0.15, -0.1) is 0 Å². The molecule has 1 saturated carbocycles. The van der Waals surface area contributed by atoms with E-state index in [1.54, 1.807) is 12.1 Å². The first-order chi connectivity index (χ1) is 8.59. The van der Waals surface area contributed by atoms with E-state index < -0.39 is 17.6 Å². The van der Waals surface area contributed by atoms with Gasteiger partial charge in [-0.2, -0.15) is 0 Å². The Kier molecular flexibility index (Phi) is 2.27. The van der Waals surface area contributed by atoms with E-state index in [9.17, 15) is 14.7 Å². The number of carbonyl (C=O) groups is 2. The maximum absolute atomic E-state index is 12.1. The van der Waals surface area contributed by atoms with Gasteiger partial charge < -0.3 is 10.4 Å². The first-order valence-corrected chi connectivity index (χ1v) is 5.67. The van der Waals surface area contributed by atoms with Gasteiger partial charge in [0.15, 0.2) is 11.6 Å². The number of rotatable bonds is 2. The summed E-state index contributed by atoms with van der Waals surface area (Å²) < 4.78 is 0. The van der Waals surface area contributed by atoms with Crippen LogP contribution in [0, 0.1) is 5.92 Å². The molecule has 92 valence electrons. The van der Waals surface area contributed by atoms with Gasteiger partial charge in [-0.3, -0.25) is 9.59 Å². The SMILES string of the molecule is O=C(NC1(O)CC1)C1C=Nc2ncccc2C1=O. The summed E-state index contributed by atoms with van der Waals surface area (Å²) in [7, 11) is 0. The molecule has 6 nitrogen and oxygen atoms in total. The second-order valence-corrected chi connectivity index (χ2v) is 4.52. The molecule has 1 aliphatic heterocycles. The fraction of sp³-hybridized carbons (Fsp3) is 0.333. The molecule has 1 fully saturated rings. The van der Waals surface area contributed by atoms with Crippen LogP contribution in [-0.4, -0.2) is 33.7 Å². The third-order valence-electron chi connectivity index (χ3n) is 3.04. The van der Waals surface area contributed by atoms with Crippen LogP contribution in [0.1, 0.15) is 23.2 Å². The monoisotopic (exact) mass is 245 g/mol. The van der Waals surface area contributed by atoms with Crippen molar-refractivity contribution in [2.75, 3.05) is 0 Å². The standard InChI is InChI=1S/C12H11N3O3/c16-9-7-2-1-5-13-10(7)14-6-8(9)11(17)15-12(18)3-4-12/h1-2,5-6,8,18H,3-4H2,(H,15,17). The summed E-state index contributed by atoms with van der Waals surface area (Å²) in [5.41, 5.74) is -0.789. The zero-order chi connectivity index (χ0) is 12.8. The molecule has 2 aliphatic rings. The van der Waals surface area contributed by atoms with E-state index in [-0.39, 0.29) is 5.78 Å². The zero-order valence-electron chi connectivity index (χ0n) is 9.46. The topological polar surface area (TPSA) is 91.7 Å². The minimum atomic E-state index is -1.12. The molecule has 0 radical (unpaired) electrons. The van der Waals surface area contributed by atoms with Gasteiger partial charge in [0.25, 0.3) is 0 Å². The Bertz CT molecular complexity index is 563. The lowest BCUT2D eigenvalue weighted by Gasteiger charge is -2.18. The molecule has 3 rings (SSSR count). The van der Waals surface area contributed by atoms with Crippen molar-refractivity contribution >= 4 is 23.7 Å². The number of fused-ring (bicyclic) bond motifs is 1. The molecule has 1 aromatic rings. The number of pyridine rings is 1. The van der Waals surface area contributed by atoms with Crippen LogP contribution in [0.2, 0.25) is 0 Å². The lowest BCUT2D eigenvalue weighted by Crippen LogP contribution is -2.44. The van der Waals surface area contributed by atoms with Gasteiger partial charge in [0.1, 0.15) is 11.6 Å². The predicted octanol–water partition coefficient (Wildman–Crippen LogP) is 0.195. The average molecular weight is 245 g/mol. The number of aliphatic hydroxyl groups is 1. The van der Waals surface area contributed by atoms with Gasteiger partial charge in [-0.25, -0.2) is 9.98 Å². The van der Waals surface area contributed by atoms with Crippen molar-refractivity contribution in [3.8, 4) is 0 Å². The minimum absolute atomic E-state index is 0.330. The maximum atomic E-state index is 12.1. The molecule has 1 amide bonds. The molecule has 0 aromatic carbocycles. The van der Waals surface area contributed by atoms with Crippen molar-refractivity contribution in [1.82, 2.24) is 10.3 Å². The molecule has 1 aliphatic carbocycles. The molecular weight excluding hydrogens is 234 g/mol. The Morgan fingerprint density at radius 3 is 3.00 bits per heavy atom. The van der Waals surface area contributed by atoms with E-state index in [2.05, 4.69) is 15.3 Å². The molecule has 6 heteroatoms. The summed E-state index contributed by atoms with van der Waals surface area (Å²) in [5.74, 6) is -1.50. The second kappa shape index (κ2) is 3.71. The van der Waals surface area contributed by atoms with E-state index >= 15 is 0 Å². The number of nitrogens with zero attached hydrogens (tertiary/aromatic N) is 2. The molecule has 0 spiro atoms. The lowest BCUT2D eigenvalue weighted by atomic mass is 9.96. The van der Waals surface area contributed by atoms with Crippen LogP contribution in [0.15, 0.2) is 23.3 Å². The Balaban J connectivity index is 1.84. The average Bonchev–Trinajstić information content (AvgIpc) is 3.07. The van der Waals surface area contributed by atoms with Gasteiger partial charge in [0, 0.05) is 12.4 Å². The van der Waals surface area contributed by atoms with Crippen molar-refractivity contribution in [3.63, 3.8) is 0 Å². The summed E-state index contributed by atoms with van der Waals surface area (Å²) in [6.07, 6.45) is 3.86. The quantitative estimate of drug-likeness (QED) is 0.575. The number of aliphatic imine (C=N–C) groups is 1. The number of hydrogen-bond acceptors (Lipinski definition) is 5. The van der Waals surface area contributed by atoms with Crippen LogP contribution in [0.4, 0.5) is 5.82 Å². The molecule has 0 saturated heterocycles. The number of carbonyl (C=O) groups excluding carboxylic acids is 2. The summed E-state index contributed by atoms with van der Waals surface area (Å²) in [6, 6.07) is 3.22. The molecule has 2 N–H and O–H groups in total. The Morgan fingerprint density at radius 2 is 2.28 bits per heavy atom. The van der Waals surface area contributed by atoms with E-state index in [1.807, 2.05) is 0 Å². The highest BCUT2D eigenvalue weighted by molar-refractivity contribution is 6.23. The van der Waals surface area contributed by atoms with Crippen LogP contribution in [-0.2, 0) is 4.79 Å². The number of hydrogen-bond donors (Lipinski definition) is 2. The van der Waals surface area contributed by atoms with Crippen LogP contribution in [0.3, 0.4) is 0 Å². The first kappa shape index (κ1) is 11.0. The largest absolute Gasteiger partial charge is 0.371 e.